The molecule has 1 saturated heterocycles. The van der Waals surface area contributed by atoms with Gasteiger partial charge in [-0.05, 0) is 43.5 Å². The maximum Gasteiger partial charge on any atom is 0.159 e. The molecule has 0 saturated carbocycles. The van der Waals surface area contributed by atoms with Crippen LogP contribution in [0.4, 0.5) is 5.69 Å². The highest BCUT2D eigenvalue weighted by atomic mass is 16.7. The average molecular weight is 249 g/mol. The van der Waals surface area contributed by atoms with E-state index in [0.717, 1.165) is 32.6 Å². The lowest BCUT2D eigenvalue weighted by Gasteiger charge is -2.26. The lowest BCUT2D eigenvalue weighted by Crippen LogP contribution is -2.30. The first-order valence-electron chi connectivity index (χ1n) is 6.68. The minimum Gasteiger partial charge on any atom is -0.374 e. The molecule has 1 aromatic rings. The monoisotopic (exact) mass is 249 g/mol. The molecule has 18 heavy (non-hydrogen) atoms. The molecule has 0 radical (unpaired) electrons. The van der Waals surface area contributed by atoms with Crippen LogP contribution in [0.2, 0.25) is 0 Å². The molecule has 0 aliphatic carbocycles. The van der Waals surface area contributed by atoms with E-state index in [2.05, 4.69) is 44.0 Å². The number of rotatable bonds is 4. The number of aryl methyl sites for hydroxylation is 2. The molecule has 0 spiro atoms. The van der Waals surface area contributed by atoms with Crippen molar-refractivity contribution < 1.29 is 9.47 Å². The number of hydrogen-bond acceptors (Lipinski definition) is 3. The number of hydrogen-bond donors (Lipinski definition) is 0. The number of nitrogens with zero attached hydrogens (tertiary/aromatic N) is 1. The minimum atomic E-state index is -0.0212. The van der Waals surface area contributed by atoms with Crippen LogP contribution in [0.15, 0.2) is 18.2 Å². The van der Waals surface area contributed by atoms with Crippen LogP contribution in [0.25, 0.3) is 0 Å². The molecule has 2 rings (SSSR count). The van der Waals surface area contributed by atoms with Crippen molar-refractivity contribution in [3.8, 4) is 0 Å². The van der Waals surface area contributed by atoms with Crippen molar-refractivity contribution in [3.05, 3.63) is 29.3 Å². The van der Waals surface area contributed by atoms with Crippen LogP contribution < -0.4 is 4.90 Å². The summed E-state index contributed by atoms with van der Waals surface area (Å²) in [5.74, 6) is 0. The zero-order chi connectivity index (χ0) is 13.0. The molecule has 0 unspecified atom stereocenters. The van der Waals surface area contributed by atoms with Crippen LogP contribution in [0.3, 0.4) is 0 Å². The van der Waals surface area contributed by atoms with E-state index in [1.165, 1.54) is 16.8 Å². The molecule has 0 amide bonds. The van der Waals surface area contributed by atoms with Gasteiger partial charge in [0.15, 0.2) is 6.29 Å². The molecule has 1 fully saturated rings. The van der Waals surface area contributed by atoms with Crippen LogP contribution in [0.1, 0.15) is 24.0 Å². The summed E-state index contributed by atoms with van der Waals surface area (Å²) in [4.78, 5) is 2.27. The van der Waals surface area contributed by atoms with Gasteiger partial charge >= 0.3 is 0 Å². The molecule has 3 heteroatoms. The summed E-state index contributed by atoms with van der Waals surface area (Å²) in [6.07, 6.45) is 1.92. The van der Waals surface area contributed by atoms with Crippen LogP contribution in [-0.2, 0) is 9.47 Å². The molecule has 1 aromatic carbocycles. The molecular formula is C15H23NO2. The Hall–Kier alpha value is -1.06. The zero-order valence-corrected chi connectivity index (χ0v) is 11.6. The second-order valence-electron chi connectivity index (χ2n) is 5.08. The Balaban J connectivity index is 1.88. The van der Waals surface area contributed by atoms with Crippen molar-refractivity contribution in [1.82, 2.24) is 0 Å². The molecule has 100 valence electrons. The van der Waals surface area contributed by atoms with Crippen molar-refractivity contribution in [2.24, 2.45) is 0 Å². The fourth-order valence-electron chi connectivity index (χ4n) is 2.30. The Morgan fingerprint density at radius 2 is 1.72 bits per heavy atom. The second kappa shape index (κ2) is 6.21. The minimum absolute atomic E-state index is 0.0212. The molecule has 0 atom stereocenters. The third kappa shape index (κ3) is 3.72. The predicted octanol–water partition coefficient (Wildman–Crippen LogP) is 2.89. The number of anilines is 1. The molecule has 1 heterocycles. The van der Waals surface area contributed by atoms with E-state index in [1.807, 2.05) is 0 Å². The van der Waals surface area contributed by atoms with Gasteiger partial charge < -0.3 is 14.4 Å². The maximum atomic E-state index is 5.56. The first kappa shape index (κ1) is 13.4. The Labute approximate surface area is 110 Å². The third-order valence-electron chi connectivity index (χ3n) is 3.24. The third-order valence-corrected chi connectivity index (χ3v) is 3.24. The summed E-state index contributed by atoms with van der Waals surface area (Å²) in [6, 6.07) is 6.63. The fraction of sp³-hybridized carbons (Fsp3) is 0.600. The molecule has 0 bridgehead atoms. The van der Waals surface area contributed by atoms with Gasteiger partial charge in [-0.3, -0.25) is 0 Å². The zero-order valence-electron chi connectivity index (χ0n) is 11.6. The highest BCUT2D eigenvalue weighted by molar-refractivity contribution is 5.50. The van der Waals surface area contributed by atoms with E-state index in [9.17, 15) is 0 Å². The van der Waals surface area contributed by atoms with Crippen molar-refractivity contribution in [2.45, 2.75) is 33.0 Å². The van der Waals surface area contributed by atoms with Gasteiger partial charge in [-0.2, -0.15) is 0 Å². The Bertz CT molecular complexity index is 366. The summed E-state index contributed by atoms with van der Waals surface area (Å²) in [5, 5.41) is 0. The van der Waals surface area contributed by atoms with Crippen LogP contribution in [-0.4, -0.2) is 33.1 Å². The molecule has 1 aliphatic rings. The van der Waals surface area contributed by atoms with Crippen LogP contribution in [0, 0.1) is 13.8 Å². The van der Waals surface area contributed by atoms with Crippen LogP contribution >= 0.6 is 0 Å². The summed E-state index contributed by atoms with van der Waals surface area (Å²) < 4.78 is 11.1. The highest BCUT2D eigenvalue weighted by Crippen LogP contribution is 2.18. The normalized spacial score (nSPS) is 16.8. The second-order valence-corrected chi connectivity index (χ2v) is 5.08. The molecule has 0 N–H and O–H groups in total. The van der Waals surface area contributed by atoms with Crippen LogP contribution in [0.5, 0.6) is 0 Å². The average Bonchev–Trinajstić information content (AvgIpc) is 2.36. The largest absolute Gasteiger partial charge is 0.374 e. The van der Waals surface area contributed by atoms with Gasteiger partial charge in [0, 0.05) is 25.7 Å². The van der Waals surface area contributed by atoms with Gasteiger partial charge in [0.05, 0.1) is 13.2 Å². The van der Waals surface area contributed by atoms with E-state index in [0.29, 0.717) is 0 Å². The lowest BCUT2D eigenvalue weighted by atomic mass is 10.1. The van der Waals surface area contributed by atoms with Crippen molar-refractivity contribution in [1.29, 1.82) is 0 Å². The molecule has 0 aromatic heterocycles. The number of benzene rings is 1. The van der Waals surface area contributed by atoms with Crippen molar-refractivity contribution in [3.63, 3.8) is 0 Å². The van der Waals surface area contributed by atoms with Gasteiger partial charge in [0.2, 0.25) is 0 Å². The van der Waals surface area contributed by atoms with Crippen molar-refractivity contribution in [2.75, 3.05) is 31.7 Å². The summed E-state index contributed by atoms with van der Waals surface area (Å²) in [7, 11) is 2.12. The first-order valence-corrected chi connectivity index (χ1v) is 6.68. The van der Waals surface area contributed by atoms with Gasteiger partial charge in [-0.15, -0.1) is 0 Å². The highest BCUT2D eigenvalue weighted by Gasteiger charge is 2.14. The Morgan fingerprint density at radius 1 is 1.11 bits per heavy atom. The van der Waals surface area contributed by atoms with Gasteiger partial charge in [0.1, 0.15) is 0 Å². The molecule has 3 nitrogen and oxygen atoms in total. The quantitative estimate of drug-likeness (QED) is 0.819. The smallest absolute Gasteiger partial charge is 0.159 e. The van der Waals surface area contributed by atoms with Crippen molar-refractivity contribution >= 4 is 5.69 Å². The van der Waals surface area contributed by atoms with E-state index in [1.54, 1.807) is 0 Å². The summed E-state index contributed by atoms with van der Waals surface area (Å²) in [5.41, 5.74) is 3.88. The predicted molar refractivity (Wildman–Crippen MR) is 74.1 cm³/mol. The van der Waals surface area contributed by atoms with E-state index >= 15 is 0 Å². The lowest BCUT2D eigenvalue weighted by molar-refractivity contribution is -0.179. The number of ether oxygens (including phenoxy) is 2. The Morgan fingerprint density at radius 3 is 2.33 bits per heavy atom. The fourth-order valence-corrected chi connectivity index (χ4v) is 2.30. The molecular weight excluding hydrogens is 226 g/mol. The van der Waals surface area contributed by atoms with E-state index in [4.69, 9.17) is 9.47 Å². The maximum absolute atomic E-state index is 5.56. The standard InChI is InChI=1S/C15H23NO2/c1-12-9-13(2)11-14(10-12)16(3)6-5-15-17-7-4-8-18-15/h9-11,15H,4-8H2,1-3H3. The summed E-state index contributed by atoms with van der Waals surface area (Å²) >= 11 is 0. The van der Waals surface area contributed by atoms with E-state index in [-0.39, 0.29) is 6.29 Å². The van der Waals surface area contributed by atoms with Gasteiger partial charge in [-0.25, -0.2) is 0 Å². The SMILES string of the molecule is Cc1cc(C)cc(N(C)CCC2OCCCO2)c1. The summed E-state index contributed by atoms with van der Waals surface area (Å²) in [6.45, 7) is 6.89. The Kier molecular flexibility index (Phi) is 4.61. The molecule has 1 aliphatic heterocycles. The van der Waals surface area contributed by atoms with Gasteiger partial charge in [0.25, 0.3) is 0 Å². The van der Waals surface area contributed by atoms with E-state index < -0.39 is 0 Å². The van der Waals surface area contributed by atoms with Gasteiger partial charge in [-0.1, -0.05) is 6.07 Å². The topological polar surface area (TPSA) is 21.7 Å². The first-order chi connectivity index (χ1) is 8.65.